The molecule has 90 valence electrons. The smallest absolute Gasteiger partial charge is 0.422 e. The Labute approximate surface area is 87.0 Å². The summed E-state index contributed by atoms with van der Waals surface area (Å²) in [6.07, 6.45) is -5.50. The van der Waals surface area contributed by atoms with E-state index in [0.29, 0.717) is 12.5 Å². The molecule has 0 aromatic rings. The highest BCUT2D eigenvalue weighted by Gasteiger charge is 2.29. The zero-order valence-electron chi connectivity index (χ0n) is 9.02. The lowest BCUT2D eigenvalue weighted by Gasteiger charge is -2.16. The van der Waals surface area contributed by atoms with Gasteiger partial charge in [-0.3, -0.25) is 0 Å². The first-order valence-corrected chi connectivity index (χ1v) is 4.69. The van der Waals surface area contributed by atoms with Crippen LogP contribution in [-0.4, -0.2) is 25.4 Å². The fraction of sp³-hybridized carbons (Fsp3) is 0.889. The number of ether oxygens (including phenoxy) is 1. The average molecular weight is 227 g/mol. The van der Waals surface area contributed by atoms with Crippen LogP contribution in [0.2, 0.25) is 0 Å². The molecule has 0 saturated carbocycles. The number of alkyl carbamates (subject to hydrolysis) is 1. The summed E-state index contributed by atoms with van der Waals surface area (Å²) in [7, 11) is 0. The summed E-state index contributed by atoms with van der Waals surface area (Å²) in [6, 6.07) is 0. The zero-order valence-corrected chi connectivity index (χ0v) is 9.02. The Bertz CT molecular complexity index is 204. The second-order valence-corrected chi connectivity index (χ2v) is 3.79. The summed E-state index contributed by atoms with van der Waals surface area (Å²) in [4.78, 5) is 10.8. The lowest BCUT2D eigenvalue weighted by Crippen LogP contribution is -2.33. The molecule has 1 N–H and O–H groups in total. The van der Waals surface area contributed by atoms with E-state index in [1.807, 2.05) is 20.8 Å². The van der Waals surface area contributed by atoms with Crippen LogP contribution in [-0.2, 0) is 4.74 Å². The number of halogens is 3. The molecule has 0 fully saturated rings. The van der Waals surface area contributed by atoms with Gasteiger partial charge in [0.15, 0.2) is 6.61 Å². The number of nitrogens with one attached hydrogen (secondary N) is 1. The molecule has 0 aliphatic carbocycles. The summed E-state index contributed by atoms with van der Waals surface area (Å²) >= 11 is 0. The Morgan fingerprint density at radius 1 is 1.33 bits per heavy atom. The van der Waals surface area contributed by atoms with E-state index >= 15 is 0 Å². The Morgan fingerprint density at radius 3 is 2.27 bits per heavy atom. The van der Waals surface area contributed by atoms with Crippen molar-refractivity contribution in [3.63, 3.8) is 0 Å². The number of carbonyl (C=O) groups is 1. The van der Waals surface area contributed by atoms with Crippen molar-refractivity contribution in [2.45, 2.75) is 26.9 Å². The minimum absolute atomic E-state index is 0.198. The summed E-state index contributed by atoms with van der Waals surface area (Å²) in [6.45, 7) is 4.60. The van der Waals surface area contributed by atoms with Crippen molar-refractivity contribution in [2.24, 2.45) is 11.8 Å². The number of amides is 1. The van der Waals surface area contributed by atoms with Gasteiger partial charge in [0, 0.05) is 6.54 Å². The molecule has 0 aromatic carbocycles. The number of hydrogen-bond acceptors (Lipinski definition) is 2. The van der Waals surface area contributed by atoms with Crippen LogP contribution in [0, 0.1) is 11.8 Å². The predicted molar refractivity (Wildman–Crippen MR) is 49.4 cm³/mol. The Kier molecular flexibility index (Phi) is 5.46. The monoisotopic (exact) mass is 227 g/mol. The standard InChI is InChI=1S/C9H16F3NO2/c1-6(2)7(3)4-13-8(14)15-5-9(10,11)12/h6-7H,4-5H2,1-3H3,(H,13,14). The molecule has 0 spiro atoms. The van der Waals surface area contributed by atoms with Gasteiger partial charge >= 0.3 is 12.3 Å². The summed E-state index contributed by atoms with van der Waals surface area (Å²) < 4.78 is 38.9. The predicted octanol–water partition coefficient (Wildman–Crippen LogP) is 2.57. The largest absolute Gasteiger partial charge is 0.440 e. The van der Waals surface area contributed by atoms with E-state index in [1.165, 1.54) is 0 Å². The van der Waals surface area contributed by atoms with E-state index in [2.05, 4.69) is 10.1 Å². The van der Waals surface area contributed by atoms with Crippen molar-refractivity contribution >= 4 is 6.09 Å². The normalized spacial score (nSPS) is 13.8. The van der Waals surface area contributed by atoms with Gasteiger partial charge in [0.25, 0.3) is 0 Å². The highest BCUT2D eigenvalue weighted by Crippen LogP contribution is 2.14. The van der Waals surface area contributed by atoms with Crippen LogP contribution in [0.4, 0.5) is 18.0 Å². The molecule has 1 atom stereocenters. The van der Waals surface area contributed by atoms with E-state index in [4.69, 9.17) is 0 Å². The lowest BCUT2D eigenvalue weighted by molar-refractivity contribution is -0.160. The van der Waals surface area contributed by atoms with Gasteiger partial charge in [-0.1, -0.05) is 20.8 Å². The maximum atomic E-state index is 11.6. The van der Waals surface area contributed by atoms with Gasteiger partial charge < -0.3 is 10.1 Å². The second kappa shape index (κ2) is 5.82. The molecule has 3 nitrogen and oxygen atoms in total. The Balaban J connectivity index is 3.67. The van der Waals surface area contributed by atoms with E-state index in [9.17, 15) is 18.0 Å². The van der Waals surface area contributed by atoms with Gasteiger partial charge in [0.05, 0.1) is 0 Å². The SMILES string of the molecule is CC(C)C(C)CNC(=O)OCC(F)(F)F. The van der Waals surface area contributed by atoms with Gasteiger partial charge in [-0.2, -0.15) is 13.2 Å². The molecule has 1 amide bonds. The Hall–Kier alpha value is -0.940. The molecule has 0 rings (SSSR count). The van der Waals surface area contributed by atoms with E-state index in [1.54, 1.807) is 0 Å². The topological polar surface area (TPSA) is 38.3 Å². The number of alkyl halides is 3. The molecular formula is C9H16F3NO2. The maximum Gasteiger partial charge on any atom is 0.422 e. The van der Waals surface area contributed by atoms with Crippen LogP contribution >= 0.6 is 0 Å². The first-order chi connectivity index (χ1) is 6.72. The fourth-order valence-electron chi connectivity index (χ4n) is 0.678. The highest BCUT2D eigenvalue weighted by molar-refractivity contribution is 5.67. The van der Waals surface area contributed by atoms with Crippen molar-refractivity contribution in [1.82, 2.24) is 5.32 Å². The van der Waals surface area contributed by atoms with Gasteiger partial charge in [-0.15, -0.1) is 0 Å². The fourth-order valence-corrected chi connectivity index (χ4v) is 0.678. The lowest BCUT2D eigenvalue weighted by atomic mass is 9.98. The minimum atomic E-state index is -4.47. The third kappa shape index (κ3) is 8.08. The van der Waals surface area contributed by atoms with Crippen LogP contribution in [0.5, 0.6) is 0 Å². The third-order valence-electron chi connectivity index (χ3n) is 2.07. The van der Waals surface area contributed by atoms with Crippen LogP contribution in [0.15, 0.2) is 0 Å². The minimum Gasteiger partial charge on any atom is -0.440 e. The van der Waals surface area contributed by atoms with Gasteiger partial charge in [-0.25, -0.2) is 4.79 Å². The summed E-state index contributed by atoms with van der Waals surface area (Å²) in [5.74, 6) is 0.552. The molecule has 1 unspecified atom stereocenters. The van der Waals surface area contributed by atoms with Crippen LogP contribution in [0.1, 0.15) is 20.8 Å². The molecule has 0 aliphatic heterocycles. The van der Waals surface area contributed by atoms with E-state index < -0.39 is 18.9 Å². The molecule has 0 aliphatic rings. The quantitative estimate of drug-likeness (QED) is 0.801. The molecule has 0 bridgehead atoms. The van der Waals surface area contributed by atoms with Crippen LogP contribution < -0.4 is 5.32 Å². The van der Waals surface area contributed by atoms with Gasteiger partial charge in [-0.05, 0) is 11.8 Å². The van der Waals surface area contributed by atoms with Crippen molar-refractivity contribution in [3.05, 3.63) is 0 Å². The molecule has 0 aromatic heterocycles. The first kappa shape index (κ1) is 14.1. The molecular weight excluding hydrogens is 211 g/mol. The van der Waals surface area contributed by atoms with E-state index in [-0.39, 0.29) is 5.92 Å². The third-order valence-corrected chi connectivity index (χ3v) is 2.07. The van der Waals surface area contributed by atoms with Crippen LogP contribution in [0.3, 0.4) is 0 Å². The average Bonchev–Trinajstić information content (AvgIpc) is 2.09. The van der Waals surface area contributed by atoms with Crippen molar-refractivity contribution in [3.8, 4) is 0 Å². The first-order valence-electron chi connectivity index (χ1n) is 4.69. The summed E-state index contributed by atoms with van der Waals surface area (Å²) in [5.41, 5.74) is 0. The maximum absolute atomic E-state index is 11.6. The van der Waals surface area contributed by atoms with Gasteiger partial charge in [0.1, 0.15) is 0 Å². The number of carbonyl (C=O) groups excluding carboxylic acids is 1. The zero-order chi connectivity index (χ0) is 12.1. The molecule has 6 heteroatoms. The summed E-state index contributed by atoms with van der Waals surface area (Å²) in [5, 5.41) is 2.28. The van der Waals surface area contributed by atoms with Gasteiger partial charge in [0.2, 0.25) is 0 Å². The van der Waals surface area contributed by atoms with Crippen molar-refractivity contribution in [2.75, 3.05) is 13.2 Å². The van der Waals surface area contributed by atoms with Crippen molar-refractivity contribution in [1.29, 1.82) is 0 Å². The number of rotatable bonds is 4. The number of hydrogen-bond donors (Lipinski definition) is 1. The van der Waals surface area contributed by atoms with E-state index in [0.717, 1.165) is 0 Å². The Morgan fingerprint density at radius 2 is 1.87 bits per heavy atom. The molecule has 0 saturated heterocycles. The molecule has 0 radical (unpaired) electrons. The molecule has 15 heavy (non-hydrogen) atoms. The second-order valence-electron chi connectivity index (χ2n) is 3.79. The molecule has 0 heterocycles. The van der Waals surface area contributed by atoms with Crippen molar-refractivity contribution < 1.29 is 22.7 Å². The highest BCUT2D eigenvalue weighted by atomic mass is 19.4. The van der Waals surface area contributed by atoms with Crippen LogP contribution in [0.25, 0.3) is 0 Å².